The Labute approximate surface area is 59.8 Å². The summed E-state index contributed by atoms with van der Waals surface area (Å²) in [5.41, 5.74) is 0. The average Bonchev–Trinajstić information content (AvgIpc) is 1.35. The van der Waals surface area contributed by atoms with E-state index >= 15 is 0 Å². The Morgan fingerprint density at radius 1 is 1.50 bits per heavy atom. The smallest absolute Gasteiger partial charge is 0.119 e. The molecule has 0 aromatic rings. The molecule has 4 N–H and O–H groups in total. The molecule has 2 nitrogen and oxygen atoms in total. The minimum absolute atomic E-state index is 0. The number of hydrogen-bond donors (Lipinski definition) is 0. The molecule has 0 saturated carbocycles. The lowest BCUT2D eigenvalue weighted by molar-refractivity contribution is 0.823. The maximum Gasteiger partial charge on any atom is 0.119 e. The SMILES string of the molecule is BC(Br)CCC.O.O. The van der Waals surface area contributed by atoms with Crippen LogP contribution in [0.15, 0.2) is 0 Å². The van der Waals surface area contributed by atoms with Crippen molar-refractivity contribution in [1.82, 2.24) is 0 Å². The first-order valence-electron chi connectivity index (χ1n) is 2.41. The molecule has 0 aliphatic carbocycles. The summed E-state index contributed by atoms with van der Waals surface area (Å²) < 4.78 is 0.711. The van der Waals surface area contributed by atoms with Crippen LogP contribution >= 0.6 is 15.9 Å². The van der Waals surface area contributed by atoms with Crippen LogP contribution in [0, 0.1) is 0 Å². The van der Waals surface area contributed by atoms with Gasteiger partial charge in [-0.05, 0) is 11.1 Å². The third kappa shape index (κ3) is 16.1. The van der Waals surface area contributed by atoms with Gasteiger partial charge in [0.1, 0.15) is 7.85 Å². The van der Waals surface area contributed by atoms with Gasteiger partial charge in [-0.2, -0.15) is 0 Å². The summed E-state index contributed by atoms with van der Waals surface area (Å²) in [6, 6.07) is 0. The van der Waals surface area contributed by atoms with Crippen molar-refractivity contribution in [1.29, 1.82) is 0 Å². The van der Waals surface area contributed by atoms with Gasteiger partial charge in [-0.1, -0.05) is 29.3 Å². The van der Waals surface area contributed by atoms with E-state index in [2.05, 4.69) is 30.7 Å². The Morgan fingerprint density at radius 3 is 1.88 bits per heavy atom. The molecule has 0 spiro atoms. The Morgan fingerprint density at radius 2 is 1.88 bits per heavy atom. The first-order valence-corrected chi connectivity index (χ1v) is 3.33. The first kappa shape index (κ1) is 15.8. The van der Waals surface area contributed by atoms with E-state index in [1.165, 1.54) is 12.8 Å². The Bertz CT molecular complexity index is 35.2. The Hall–Kier alpha value is 0.465. The van der Waals surface area contributed by atoms with E-state index in [9.17, 15) is 0 Å². The molecule has 1 unspecified atom stereocenters. The summed E-state index contributed by atoms with van der Waals surface area (Å²) >= 11 is 3.43. The van der Waals surface area contributed by atoms with Gasteiger partial charge in [-0.25, -0.2) is 0 Å². The lowest BCUT2D eigenvalue weighted by Gasteiger charge is -1.93. The fraction of sp³-hybridized carbons (Fsp3) is 1.00. The largest absolute Gasteiger partial charge is 0.412 e. The van der Waals surface area contributed by atoms with E-state index in [0.29, 0.717) is 4.73 Å². The van der Waals surface area contributed by atoms with Crippen molar-refractivity contribution in [3.05, 3.63) is 0 Å². The zero-order valence-corrected chi connectivity index (χ0v) is 6.96. The second-order valence-corrected chi connectivity index (χ2v) is 3.13. The number of halogens is 1. The van der Waals surface area contributed by atoms with E-state index < -0.39 is 0 Å². The third-order valence-electron chi connectivity index (χ3n) is 0.686. The normalized spacial score (nSPS) is 10.8. The van der Waals surface area contributed by atoms with Crippen molar-refractivity contribution in [2.75, 3.05) is 0 Å². The van der Waals surface area contributed by atoms with Crippen LogP contribution in [-0.4, -0.2) is 23.5 Å². The molecule has 1 atom stereocenters. The highest BCUT2D eigenvalue weighted by molar-refractivity contribution is 9.10. The predicted molar refractivity (Wildman–Crippen MR) is 43.4 cm³/mol. The summed E-state index contributed by atoms with van der Waals surface area (Å²) in [6.45, 7) is 2.19. The Kier molecular flexibility index (Phi) is 20.6. The van der Waals surface area contributed by atoms with Crippen LogP contribution in [0.2, 0.25) is 0 Å². The van der Waals surface area contributed by atoms with Gasteiger partial charge in [-0.3, -0.25) is 0 Å². The molecule has 0 aliphatic heterocycles. The quantitative estimate of drug-likeness (QED) is 0.410. The molecule has 52 valence electrons. The highest BCUT2D eigenvalue weighted by Gasteiger charge is 1.88. The average molecular weight is 185 g/mol. The molecule has 4 heteroatoms. The molecule has 0 radical (unpaired) electrons. The molecular weight excluding hydrogens is 171 g/mol. The summed E-state index contributed by atoms with van der Waals surface area (Å²) in [7, 11) is 2.17. The number of alkyl halides is 1. The predicted octanol–water partition coefficient (Wildman–Crippen LogP) is -0.509. The minimum atomic E-state index is 0. The topological polar surface area (TPSA) is 63.0 Å². The van der Waals surface area contributed by atoms with Crippen molar-refractivity contribution in [2.45, 2.75) is 24.5 Å². The van der Waals surface area contributed by atoms with E-state index in [-0.39, 0.29) is 11.0 Å². The van der Waals surface area contributed by atoms with Gasteiger partial charge in [0.2, 0.25) is 0 Å². The second-order valence-electron chi connectivity index (χ2n) is 1.57. The fourth-order valence-corrected chi connectivity index (χ4v) is 0.856. The van der Waals surface area contributed by atoms with Crippen molar-refractivity contribution in [2.24, 2.45) is 0 Å². The van der Waals surface area contributed by atoms with E-state index in [1.807, 2.05) is 0 Å². The summed E-state index contributed by atoms with van der Waals surface area (Å²) in [4.78, 5) is 0. The molecule has 0 saturated heterocycles. The first-order chi connectivity index (χ1) is 2.77. The number of hydrogen-bond acceptors (Lipinski definition) is 0. The molecule has 0 rings (SSSR count). The monoisotopic (exact) mass is 184 g/mol. The van der Waals surface area contributed by atoms with Gasteiger partial charge in [0.15, 0.2) is 0 Å². The van der Waals surface area contributed by atoms with Gasteiger partial charge >= 0.3 is 0 Å². The van der Waals surface area contributed by atoms with Crippen molar-refractivity contribution in [3.63, 3.8) is 0 Å². The molecule has 0 aliphatic rings. The molecule has 0 bridgehead atoms. The lowest BCUT2D eigenvalue weighted by Crippen LogP contribution is -1.92. The van der Waals surface area contributed by atoms with Crippen molar-refractivity contribution < 1.29 is 11.0 Å². The molecule has 0 amide bonds. The van der Waals surface area contributed by atoms with Crippen LogP contribution in [-0.2, 0) is 0 Å². The van der Waals surface area contributed by atoms with Gasteiger partial charge < -0.3 is 11.0 Å². The highest BCUT2D eigenvalue weighted by atomic mass is 79.9. The standard InChI is InChI=1S/C4H10BBr.2H2O/c1-2-3-4(5)6;;/h4H,2-3,5H2,1H3;2*1H2. The van der Waals surface area contributed by atoms with Crippen LogP contribution in [0.25, 0.3) is 0 Å². The maximum absolute atomic E-state index is 3.43. The van der Waals surface area contributed by atoms with Crippen LogP contribution in [0.5, 0.6) is 0 Å². The van der Waals surface area contributed by atoms with Crippen LogP contribution < -0.4 is 0 Å². The van der Waals surface area contributed by atoms with Crippen LogP contribution in [0.4, 0.5) is 0 Å². The highest BCUT2D eigenvalue weighted by Crippen LogP contribution is 2.00. The summed E-state index contributed by atoms with van der Waals surface area (Å²) in [6.07, 6.45) is 2.58. The zero-order valence-electron chi connectivity index (χ0n) is 5.37. The van der Waals surface area contributed by atoms with Gasteiger partial charge in [0.05, 0.1) is 0 Å². The van der Waals surface area contributed by atoms with E-state index in [1.54, 1.807) is 0 Å². The maximum atomic E-state index is 3.43. The van der Waals surface area contributed by atoms with E-state index in [0.717, 1.165) is 0 Å². The molecule has 0 aromatic heterocycles. The van der Waals surface area contributed by atoms with Crippen molar-refractivity contribution >= 4 is 23.8 Å². The molecular formula is C4H14BBrO2. The van der Waals surface area contributed by atoms with Gasteiger partial charge in [0.25, 0.3) is 0 Å². The molecule has 0 fully saturated rings. The Balaban J connectivity index is -0.000000125. The number of rotatable bonds is 2. The van der Waals surface area contributed by atoms with E-state index in [4.69, 9.17) is 0 Å². The van der Waals surface area contributed by atoms with Crippen LogP contribution in [0.3, 0.4) is 0 Å². The van der Waals surface area contributed by atoms with Crippen molar-refractivity contribution in [3.8, 4) is 0 Å². The summed E-state index contributed by atoms with van der Waals surface area (Å²) in [5.74, 6) is 0. The van der Waals surface area contributed by atoms with Gasteiger partial charge in [0, 0.05) is 0 Å². The molecule has 8 heavy (non-hydrogen) atoms. The summed E-state index contributed by atoms with van der Waals surface area (Å²) in [5, 5.41) is 0. The third-order valence-corrected chi connectivity index (χ3v) is 1.14. The zero-order chi connectivity index (χ0) is 4.99. The molecule has 0 heterocycles. The van der Waals surface area contributed by atoms with Crippen LogP contribution in [0.1, 0.15) is 19.8 Å². The lowest BCUT2D eigenvalue weighted by atomic mass is 10.0. The van der Waals surface area contributed by atoms with Gasteiger partial charge in [-0.15, -0.1) is 0 Å². The fourth-order valence-electron chi connectivity index (χ4n) is 0.398. The minimum Gasteiger partial charge on any atom is -0.412 e. The molecule has 0 aromatic carbocycles. The second kappa shape index (κ2) is 10.4.